The number of carbonyl (C=O) groups excluding carboxylic acids is 2. The van der Waals surface area contributed by atoms with Crippen LogP contribution in [0.4, 0.5) is 10.5 Å². The van der Waals surface area contributed by atoms with E-state index in [4.69, 9.17) is 23.2 Å². The summed E-state index contributed by atoms with van der Waals surface area (Å²) in [5.74, 6) is 1.94. The number of urea groups is 1. The van der Waals surface area contributed by atoms with Crippen LogP contribution >= 0.6 is 23.2 Å². The molecular formula is C26H33Cl2N3O2. The maximum atomic E-state index is 12.9. The Labute approximate surface area is 206 Å². The fourth-order valence-corrected chi connectivity index (χ4v) is 8.24. The van der Waals surface area contributed by atoms with Crippen molar-refractivity contribution in [1.29, 1.82) is 0 Å². The van der Waals surface area contributed by atoms with Crippen LogP contribution in [0.1, 0.15) is 52.4 Å². The van der Waals surface area contributed by atoms with E-state index in [1.807, 2.05) is 11.9 Å². The molecule has 5 rings (SSSR count). The van der Waals surface area contributed by atoms with Gasteiger partial charge in [0.25, 0.3) is 0 Å². The van der Waals surface area contributed by atoms with E-state index >= 15 is 0 Å². The summed E-state index contributed by atoms with van der Waals surface area (Å²) < 4.78 is 0. The monoisotopic (exact) mass is 489 g/mol. The van der Waals surface area contributed by atoms with E-state index in [9.17, 15) is 9.59 Å². The summed E-state index contributed by atoms with van der Waals surface area (Å²) in [7, 11) is 1.96. The number of nitrogens with one attached hydrogen (secondary N) is 2. The Morgan fingerprint density at radius 1 is 1.09 bits per heavy atom. The third-order valence-corrected chi connectivity index (χ3v) is 10.5. The van der Waals surface area contributed by atoms with Gasteiger partial charge in [-0.2, -0.15) is 0 Å². The summed E-state index contributed by atoms with van der Waals surface area (Å²) in [5.41, 5.74) is 0.651. The van der Waals surface area contributed by atoms with Crippen molar-refractivity contribution in [2.24, 2.45) is 28.6 Å². The van der Waals surface area contributed by atoms with Crippen LogP contribution in [-0.4, -0.2) is 36.0 Å². The lowest BCUT2D eigenvalue weighted by atomic mass is 9.48. The van der Waals surface area contributed by atoms with E-state index < -0.39 is 0 Å². The first kappa shape index (κ1) is 23.0. The molecule has 0 saturated heterocycles. The molecule has 0 radical (unpaired) electrons. The van der Waals surface area contributed by atoms with Crippen LogP contribution in [-0.2, 0) is 4.79 Å². The van der Waals surface area contributed by atoms with Gasteiger partial charge in [0.15, 0.2) is 0 Å². The van der Waals surface area contributed by atoms with Crippen molar-refractivity contribution < 1.29 is 9.59 Å². The van der Waals surface area contributed by atoms with Crippen molar-refractivity contribution >= 4 is 40.8 Å². The zero-order valence-corrected chi connectivity index (χ0v) is 21.0. The predicted octanol–water partition coefficient (Wildman–Crippen LogP) is 6.12. The number of halogens is 2. The van der Waals surface area contributed by atoms with Gasteiger partial charge < -0.3 is 15.5 Å². The minimum atomic E-state index is -0.223. The van der Waals surface area contributed by atoms with Gasteiger partial charge in [-0.05, 0) is 79.9 Å². The van der Waals surface area contributed by atoms with Gasteiger partial charge in [-0.15, -0.1) is 0 Å². The molecule has 33 heavy (non-hydrogen) atoms. The van der Waals surface area contributed by atoms with Crippen LogP contribution in [0.25, 0.3) is 0 Å². The highest BCUT2D eigenvalue weighted by Gasteiger charge is 2.60. The molecule has 3 saturated carbocycles. The average Bonchev–Trinajstić information content (AvgIpc) is 3.10. The summed E-state index contributed by atoms with van der Waals surface area (Å²) >= 11 is 12.3. The second kappa shape index (κ2) is 8.20. The Bertz CT molecular complexity index is 1010. The minimum Gasteiger partial charge on any atom is -0.338 e. The molecule has 2 N–H and O–H groups in total. The Morgan fingerprint density at radius 3 is 2.67 bits per heavy atom. The molecule has 0 unspecified atom stereocenters. The molecule has 0 bridgehead atoms. The van der Waals surface area contributed by atoms with Crippen molar-refractivity contribution in [3.05, 3.63) is 40.4 Å². The minimum absolute atomic E-state index is 0.0408. The lowest BCUT2D eigenvalue weighted by Crippen LogP contribution is -2.60. The van der Waals surface area contributed by atoms with Gasteiger partial charge in [-0.1, -0.05) is 49.2 Å². The summed E-state index contributed by atoms with van der Waals surface area (Å²) in [6.07, 6.45) is 10.6. The fraction of sp³-hybridized carbons (Fsp3) is 0.615. The van der Waals surface area contributed by atoms with E-state index in [-0.39, 0.29) is 28.8 Å². The quantitative estimate of drug-likeness (QED) is 0.525. The highest BCUT2D eigenvalue weighted by molar-refractivity contribution is 6.43. The molecule has 7 heteroatoms. The van der Waals surface area contributed by atoms with Crippen LogP contribution in [0, 0.1) is 28.6 Å². The lowest BCUT2D eigenvalue weighted by Gasteiger charge is -2.60. The largest absolute Gasteiger partial charge is 0.338 e. The molecule has 178 valence electrons. The highest BCUT2D eigenvalue weighted by Crippen LogP contribution is 2.63. The molecule has 1 aromatic rings. The molecule has 3 fully saturated rings. The molecule has 1 aliphatic heterocycles. The van der Waals surface area contributed by atoms with Crippen LogP contribution < -0.4 is 10.6 Å². The number of nitrogens with zero attached hydrogens (tertiary/aromatic N) is 1. The van der Waals surface area contributed by atoms with Gasteiger partial charge >= 0.3 is 6.03 Å². The molecule has 3 amide bonds. The van der Waals surface area contributed by atoms with Crippen molar-refractivity contribution in [2.75, 3.05) is 12.4 Å². The van der Waals surface area contributed by atoms with E-state index in [0.717, 1.165) is 38.5 Å². The second-order valence-corrected chi connectivity index (χ2v) is 11.8. The molecule has 1 heterocycles. The average molecular weight is 490 g/mol. The topological polar surface area (TPSA) is 61.4 Å². The molecule has 5 nitrogen and oxygen atoms in total. The van der Waals surface area contributed by atoms with Crippen molar-refractivity contribution in [1.82, 2.24) is 10.2 Å². The van der Waals surface area contributed by atoms with Gasteiger partial charge in [0.1, 0.15) is 0 Å². The third-order valence-electron chi connectivity index (χ3n) is 9.63. The zero-order valence-electron chi connectivity index (χ0n) is 19.5. The molecule has 0 aromatic heterocycles. The maximum Gasteiger partial charge on any atom is 0.319 e. The number of fused-ring (bicyclic) bond motifs is 5. The number of anilines is 1. The normalized spacial score (nSPS) is 39.5. The number of hydrogen-bond donors (Lipinski definition) is 2. The molecular weight excluding hydrogens is 457 g/mol. The third kappa shape index (κ3) is 3.58. The zero-order chi connectivity index (χ0) is 23.5. The van der Waals surface area contributed by atoms with Crippen molar-refractivity contribution in [3.63, 3.8) is 0 Å². The van der Waals surface area contributed by atoms with Gasteiger partial charge in [0, 0.05) is 24.5 Å². The van der Waals surface area contributed by atoms with Crippen molar-refractivity contribution in [3.8, 4) is 0 Å². The van der Waals surface area contributed by atoms with Crippen LogP contribution in [0.15, 0.2) is 30.4 Å². The number of hydrogen-bond acceptors (Lipinski definition) is 2. The molecule has 3 aliphatic carbocycles. The summed E-state index contributed by atoms with van der Waals surface area (Å²) in [4.78, 5) is 27.1. The molecule has 4 aliphatic rings. The Balaban J connectivity index is 1.32. The van der Waals surface area contributed by atoms with Gasteiger partial charge in [-0.3, -0.25) is 4.79 Å². The fourth-order valence-electron chi connectivity index (χ4n) is 7.89. The maximum absolute atomic E-state index is 12.9. The Kier molecular flexibility index (Phi) is 5.72. The number of carbonyl (C=O) groups is 2. The number of rotatable bonds is 2. The van der Waals surface area contributed by atoms with Crippen LogP contribution in [0.5, 0.6) is 0 Å². The first-order valence-corrected chi connectivity index (χ1v) is 12.9. The SMILES string of the molecule is CN1C(=O)C=C[C@]2(C)[C@H]3CC[C@]4(C)[C@@H](NC(=O)Nc5cccc(Cl)c5Cl)CC[C@H]4[C@@H]3CC[C@@H]12. The van der Waals surface area contributed by atoms with Crippen LogP contribution in [0.3, 0.4) is 0 Å². The van der Waals surface area contributed by atoms with Gasteiger partial charge in [0.05, 0.1) is 15.7 Å². The smallest absolute Gasteiger partial charge is 0.319 e. The first-order valence-electron chi connectivity index (χ1n) is 12.1. The van der Waals surface area contributed by atoms with Crippen molar-refractivity contribution in [2.45, 2.75) is 64.5 Å². The predicted molar refractivity (Wildman–Crippen MR) is 132 cm³/mol. The lowest BCUT2D eigenvalue weighted by molar-refractivity contribution is -0.138. The summed E-state index contributed by atoms with van der Waals surface area (Å²) in [5, 5.41) is 6.94. The molecule has 1 aromatic carbocycles. The standard InChI is InChI=1S/C26H33Cl2N3O2/c1-25-13-11-17-15(7-10-21-26(17,2)14-12-22(32)31(21)3)16(25)8-9-20(25)30-24(33)29-19-6-4-5-18(27)23(19)28/h4-6,12,14-17,20-21H,7-11,13H2,1-3H3,(H2,29,30,33)/t15-,16-,17-,20-,21+,25-,26+/m0/s1. The molecule has 0 spiro atoms. The van der Waals surface area contributed by atoms with Gasteiger partial charge in [0.2, 0.25) is 5.91 Å². The highest BCUT2D eigenvalue weighted by atomic mass is 35.5. The van der Waals surface area contributed by atoms with E-state index in [1.54, 1.807) is 24.3 Å². The second-order valence-electron chi connectivity index (χ2n) is 11.0. The van der Waals surface area contributed by atoms with E-state index in [1.165, 1.54) is 0 Å². The Morgan fingerprint density at radius 2 is 1.88 bits per heavy atom. The van der Waals surface area contributed by atoms with Crippen LogP contribution in [0.2, 0.25) is 10.0 Å². The summed E-state index contributed by atoms with van der Waals surface area (Å²) in [6, 6.07) is 5.45. The molecule has 7 atom stereocenters. The number of amides is 3. The van der Waals surface area contributed by atoms with E-state index in [0.29, 0.717) is 39.5 Å². The summed E-state index contributed by atoms with van der Waals surface area (Å²) in [6.45, 7) is 4.74. The first-order chi connectivity index (χ1) is 15.6. The van der Waals surface area contributed by atoms with Gasteiger partial charge in [-0.25, -0.2) is 4.79 Å². The number of benzene rings is 1. The van der Waals surface area contributed by atoms with E-state index in [2.05, 4.69) is 30.6 Å². The Hall–Kier alpha value is -1.72. The number of likely N-dealkylation sites (N-methyl/N-ethyl adjacent to an activating group) is 1.